The Hall–Kier alpha value is -3.93. The molecule has 42 heavy (non-hydrogen) atoms. The summed E-state index contributed by atoms with van der Waals surface area (Å²) in [6.07, 6.45) is 0.152. The number of nitrogens with zero attached hydrogens (tertiary/aromatic N) is 1. The maximum absolute atomic E-state index is 14.1. The number of phenolic OH excluding ortho intramolecular Hbond substituents is 1. The molecule has 0 saturated heterocycles. The van der Waals surface area contributed by atoms with Gasteiger partial charge < -0.3 is 36.2 Å². The molecule has 0 aromatic heterocycles. The average molecular weight is 580 g/mol. The van der Waals surface area contributed by atoms with Crippen molar-refractivity contribution in [1.29, 1.82) is 0 Å². The summed E-state index contributed by atoms with van der Waals surface area (Å²) in [6, 6.07) is 4.46. The third kappa shape index (κ3) is 4.18. The number of ketones is 2. The Kier molecular flexibility index (Phi) is 6.91. The normalized spacial score (nSPS) is 26.0. The lowest BCUT2D eigenvalue weighted by molar-refractivity contribution is -0.148. The number of likely N-dealkylation sites (N-methyl/N-ethyl adjacent to an activating group) is 1. The smallest absolute Gasteiger partial charge is 0.255 e. The van der Waals surface area contributed by atoms with E-state index in [2.05, 4.69) is 5.32 Å². The number of fused-ring (bicyclic) bond motifs is 4. The molecule has 0 radical (unpaired) electrons. The fraction of sp³-hybridized carbons (Fsp3) is 0.452. The molecule has 0 aliphatic heterocycles. The van der Waals surface area contributed by atoms with E-state index in [1.165, 1.54) is 12.0 Å². The van der Waals surface area contributed by atoms with Crippen LogP contribution in [0.15, 0.2) is 40.9 Å². The van der Waals surface area contributed by atoms with Gasteiger partial charge in [0.25, 0.3) is 5.91 Å². The highest BCUT2D eigenvalue weighted by Gasteiger charge is 2.63. The molecule has 11 nitrogen and oxygen atoms in total. The van der Waals surface area contributed by atoms with Crippen molar-refractivity contribution in [3.63, 3.8) is 0 Å². The van der Waals surface area contributed by atoms with Gasteiger partial charge in [-0.3, -0.25) is 19.3 Å². The number of phenols is 1. The van der Waals surface area contributed by atoms with Crippen molar-refractivity contribution in [3.8, 4) is 11.5 Å². The van der Waals surface area contributed by atoms with Crippen LogP contribution in [0.4, 0.5) is 0 Å². The van der Waals surface area contributed by atoms with Gasteiger partial charge in [0, 0.05) is 39.9 Å². The molecule has 0 spiro atoms. The van der Waals surface area contributed by atoms with Gasteiger partial charge in [0.15, 0.2) is 11.4 Å². The molecule has 0 saturated carbocycles. The lowest BCUT2D eigenvalue weighted by Crippen LogP contribution is -2.63. The van der Waals surface area contributed by atoms with E-state index in [0.717, 1.165) is 5.56 Å². The van der Waals surface area contributed by atoms with Crippen molar-refractivity contribution in [3.05, 3.63) is 57.6 Å². The number of rotatable bonds is 5. The zero-order chi connectivity index (χ0) is 31.0. The predicted molar refractivity (Wildman–Crippen MR) is 154 cm³/mol. The highest BCUT2D eigenvalue weighted by molar-refractivity contribution is 6.25. The maximum Gasteiger partial charge on any atom is 0.255 e. The first kappa shape index (κ1) is 29.6. The van der Waals surface area contributed by atoms with Gasteiger partial charge in [-0.2, -0.15) is 0 Å². The SMILES string of the molecule is COc1c2c(c(O)c3cc(CNC(C)(C)C)ccc13)C(=O)C1=C(O)[C@]3(O)C(=O)C(C(N)=O)=C(O)[C@@H](N(C)C)[C@@H]3C[C@@H]1C2. The fourth-order valence-corrected chi connectivity index (χ4v) is 6.84. The number of amides is 1. The van der Waals surface area contributed by atoms with Crippen LogP contribution in [-0.2, 0) is 22.6 Å². The van der Waals surface area contributed by atoms with Crippen LogP contribution in [0, 0.1) is 11.8 Å². The Morgan fingerprint density at radius 2 is 1.83 bits per heavy atom. The second kappa shape index (κ2) is 9.82. The van der Waals surface area contributed by atoms with Crippen LogP contribution in [0.5, 0.6) is 11.5 Å². The lowest BCUT2D eigenvalue weighted by atomic mass is 9.58. The van der Waals surface area contributed by atoms with Crippen molar-refractivity contribution < 1.29 is 39.5 Å². The topological polar surface area (TPSA) is 183 Å². The lowest BCUT2D eigenvalue weighted by Gasteiger charge is -2.50. The van der Waals surface area contributed by atoms with E-state index in [1.807, 2.05) is 32.9 Å². The summed E-state index contributed by atoms with van der Waals surface area (Å²) in [6.45, 7) is 6.60. The first-order valence-electron chi connectivity index (χ1n) is 13.8. The Morgan fingerprint density at radius 3 is 2.40 bits per heavy atom. The molecule has 224 valence electrons. The first-order chi connectivity index (χ1) is 19.5. The second-order valence-corrected chi connectivity index (χ2v) is 12.7. The van der Waals surface area contributed by atoms with E-state index in [0.29, 0.717) is 28.6 Å². The molecule has 3 aliphatic carbocycles. The van der Waals surface area contributed by atoms with E-state index in [4.69, 9.17) is 10.5 Å². The number of hydrogen-bond donors (Lipinski definition) is 6. The van der Waals surface area contributed by atoms with Gasteiger partial charge in [0.2, 0.25) is 5.78 Å². The minimum Gasteiger partial charge on any atom is -0.510 e. The van der Waals surface area contributed by atoms with Crippen LogP contribution >= 0.6 is 0 Å². The van der Waals surface area contributed by atoms with Gasteiger partial charge in [0.05, 0.1) is 18.7 Å². The van der Waals surface area contributed by atoms with Crippen LogP contribution in [0.2, 0.25) is 0 Å². The minimum absolute atomic E-state index is 0.00509. The molecule has 4 atom stereocenters. The summed E-state index contributed by atoms with van der Waals surface area (Å²) < 4.78 is 5.78. The van der Waals surface area contributed by atoms with E-state index in [-0.39, 0.29) is 35.3 Å². The molecule has 7 N–H and O–H groups in total. The summed E-state index contributed by atoms with van der Waals surface area (Å²) in [5.41, 5.74) is 2.74. The maximum atomic E-state index is 14.1. The number of nitrogens with one attached hydrogen (secondary N) is 1. The van der Waals surface area contributed by atoms with Crippen LogP contribution in [-0.4, -0.2) is 81.2 Å². The Balaban J connectivity index is 1.71. The molecule has 11 heteroatoms. The number of nitrogens with two attached hydrogens (primary N) is 1. The fourth-order valence-electron chi connectivity index (χ4n) is 6.84. The average Bonchev–Trinajstić information content (AvgIpc) is 2.89. The number of ether oxygens (including phenoxy) is 1. The van der Waals surface area contributed by atoms with Crippen LogP contribution in [0.1, 0.15) is 48.7 Å². The zero-order valence-corrected chi connectivity index (χ0v) is 24.5. The van der Waals surface area contributed by atoms with Gasteiger partial charge in [-0.25, -0.2) is 0 Å². The van der Waals surface area contributed by atoms with Gasteiger partial charge in [-0.15, -0.1) is 0 Å². The summed E-state index contributed by atoms with van der Waals surface area (Å²) >= 11 is 0. The third-order valence-corrected chi connectivity index (χ3v) is 8.74. The molecular formula is C31H37N3O8. The summed E-state index contributed by atoms with van der Waals surface area (Å²) in [5.74, 6) is -6.46. The quantitative estimate of drug-likeness (QED) is 0.287. The molecule has 0 unspecified atom stereocenters. The number of carbonyl (C=O) groups excluding carboxylic acids is 3. The van der Waals surface area contributed by atoms with E-state index < -0.39 is 58.0 Å². The van der Waals surface area contributed by atoms with Crippen LogP contribution in [0.25, 0.3) is 10.8 Å². The zero-order valence-electron chi connectivity index (χ0n) is 24.5. The molecular weight excluding hydrogens is 542 g/mol. The van der Waals surface area contributed by atoms with Gasteiger partial charge in [-0.1, -0.05) is 12.1 Å². The number of Topliss-reactive ketones (excluding diaryl/α,β-unsaturated/α-hetero) is 2. The Bertz CT molecular complexity index is 1620. The number of carbonyl (C=O) groups is 3. The summed E-state index contributed by atoms with van der Waals surface area (Å²) in [4.78, 5) is 41.3. The molecule has 3 aliphatic rings. The molecule has 1 amide bonds. The van der Waals surface area contributed by atoms with Gasteiger partial charge in [-0.05, 0) is 65.3 Å². The van der Waals surface area contributed by atoms with Crippen LogP contribution in [0.3, 0.4) is 0 Å². The number of hydrogen-bond acceptors (Lipinski definition) is 10. The van der Waals surface area contributed by atoms with Crippen molar-refractivity contribution in [2.24, 2.45) is 17.6 Å². The number of allylic oxidation sites excluding steroid dienone is 1. The Labute approximate surface area is 243 Å². The predicted octanol–water partition coefficient (Wildman–Crippen LogP) is 2.17. The van der Waals surface area contributed by atoms with Crippen LogP contribution < -0.4 is 15.8 Å². The summed E-state index contributed by atoms with van der Waals surface area (Å²) in [7, 11) is 4.65. The highest BCUT2D eigenvalue weighted by atomic mass is 16.5. The molecule has 2 aromatic carbocycles. The molecule has 2 aromatic rings. The van der Waals surface area contributed by atoms with E-state index in [1.54, 1.807) is 20.2 Å². The third-order valence-electron chi connectivity index (χ3n) is 8.74. The molecule has 0 fully saturated rings. The first-order valence-corrected chi connectivity index (χ1v) is 13.8. The van der Waals surface area contributed by atoms with Gasteiger partial charge in [0.1, 0.15) is 28.6 Å². The largest absolute Gasteiger partial charge is 0.510 e. The van der Waals surface area contributed by atoms with Crippen molar-refractivity contribution in [2.45, 2.75) is 57.3 Å². The van der Waals surface area contributed by atoms with E-state index >= 15 is 0 Å². The minimum atomic E-state index is -2.69. The monoisotopic (exact) mass is 579 g/mol. The molecule has 0 heterocycles. The number of aromatic hydroxyl groups is 1. The Morgan fingerprint density at radius 1 is 1.17 bits per heavy atom. The van der Waals surface area contributed by atoms with Crippen molar-refractivity contribution in [1.82, 2.24) is 10.2 Å². The number of primary amides is 1. The standard InChI is InChI=1S/C31H37N3O8/c1-30(2,3)33-12-13-7-8-15-16(9-13)23(35)20-17(26(15)42-6)10-14-11-18-22(34(4)5)25(37)21(29(32)40)28(39)31(18,41)27(38)19(14)24(20)36/h7-9,14,18,22,33,35,37-38,41H,10-12H2,1-6H3,(H2,32,40)/t14-,18-,22-,31-/m0/s1. The van der Waals surface area contributed by atoms with Gasteiger partial charge >= 0.3 is 0 Å². The molecule has 5 rings (SSSR count). The van der Waals surface area contributed by atoms with E-state index in [9.17, 15) is 34.8 Å². The number of benzene rings is 2. The van der Waals surface area contributed by atoms with Crippen molar-refractivity contribution >= 4 is 28.2 Å². The second-order valence-electron chi connectivity index (χ2n) is 12.7. The number of methoxy groups -OCH3 is 1. The summed E-state index contributed by atoms with van der Waals surface area (Å²) in [5, 5.41) is 50.1. The number of aliphatic hydroxyl groups excluding tert-OH is 2. The molecule has 0 bridgehead atoms. The number of aliphatic hydroxyl groups is 3. The van der Waals surface area contributed by atoms with Crippen molar-refractivity contribution in [2.75, 3.05) is 21.2 Å². The highest BCUT2D eigenvalue weighted by Crippen LogP contribution is 2.54.